The minimum Gasteiger partial charge on any atom is -0.485 e. The molecule has 0 amide bonds. The summed E-state index contributed by atoms with van der Waals surface area (Å²) in [7, 11) is 0.280. The zero-order valence-electron chi connectivity index (χ0n) is 30.4. The van der Waals surface area contributed by atoms with Gasteiger partial charge >= 0.3 is 0 Å². The zero-order chi connectivity index (χ0) is 45.7. The lowest BCUT2D eigenvalue weighted by molar-refractivity contribution is 0.151. The van der Waals surface area contributed by atoms with Gasteiger partial charge in [-0.1, -0.05) is 18.6 Å². The minimum atomic E-state index is -7.22. The molecule has 1 fully saturated rings. The molecule has 5 aromatic carbocycles. The highest BCUT2D eigenvalue weighted by Gasteiger charge is 2.52. The van der Waals surface area contributed by atoms with Crippen LogP contribution in [0.5, 0.6) is 5.75 Å². The second kappa shape index (κ2) is 17.7. The average molecular weight is 916 g/mol. The molecule has 0 spiro atoms. The first-order valence-electron chi connectivity index (χ1n) is 17.0. The fourth-order valence-electron chi connectivity index (χ4n) is 7.12. The first-order valence-corrected chi connectivity index (χ1v) is 19.1. The van der Waals surface area contributed by atoms with Gasteiger partial charge in [0.05, 0.1) is 6.10 Å². The lowest BCUT2D eigenvalue weighted by Gasteiger charge is -2.44. The highest BCUT2D eigenvalue weighted by Crippen LogP contribution is 2.32. The molecule has 1 aliphatic rings. The normalized spacial score (nSPS) is 13.5. The van der Waals surface area contributed by atoms with Gasteiger partial charge in [-0.3, -0.25) is 0 Å². The van der Waals surface area contributed by atoms with Crippen molar-refractivity contribution in [2.75, 3.05) is 12.5 Å². The summed E-state index contributed by atoms with van der Waals surface area (Å²) in [6, 6.07) is 8.50. The molecule has 0 atom stereocenters. The van der Waals surface area contributed by atoms with E-state index in [-0.39, 0.29) is 10.9 Å². The van der Waals surface area contributed by atoms with Crippen LogP contribution in [-0.2, 0) is 10.9 Å². The predicted octanol–water partition coefficient (Wildman–Crippen LogP) is 9.48. The van der Waals surface area contributed by atoms with Crippen molar-refractivity contribution in [2.45, 2.75) is 43.1 Å². The lowest BCUT2D eigenvalue weighted by Crippen LogP contribution is -2.81. The van der Waals surface area contributed by atoms with E-state index in [1.165, 1.54) is 37.0 Å². The maximum atomic E-state index is 15.4. The lowest BCUT2D eigenvalue weighted by atomic mass is 9.12. The molecule has 5 aromatic rings. The quantitative estimate of drug-likeness (QED) is 0.0520. The molecule has 1 saturated carbocycles. The van der Waals surface area contributed by atoms with Gasteiger partial charge in [0.1, 0.15) is 65.2 Å². The Morgan fingerprint density at radius 1 is 0.377 bits per heavy atom. The summed E-state index contributed by atoms with van der Waals surface area (Å²) >= 11 is 0. The molecule has 1 nitrogen and oxygen atoms in total. The van der Waals surface area contributed by atoms with Crippen molar-refractivity contribution in [3.63, 3.8) is 0 Å². The Labute approximate surface area is 333 Å². The smallest absolute Gasteiger partial charge is 0.200 e. The van der Waals surface area contributed by atoms with Gasteiger partial charge in [-0.05, 0) is 37.8 Å². The van der Waals surface area contributed by atoms with Crippen LogP contribution in [0.1, 0.15) is 32.1 Å². The highest BCUT2D eigenvalue weighted by molar-refractivity contribution is 7.95. The molecule has 328 valence electrons. The third-order valence-corrected chi connectivity index (χ3v) is 11.1. The molecular weight excluding hydrogens is 895 g/mol. The fraction of sp³-hybridized carbons (Fsp3) is 0.211. The molecule has 0 heterocycles. The van der Waals surface area contributed by atoms with E-state index in [0.717, 1.165) is 5.75 Å². The SMILES string of the molecule is C[S+](C)c1ccccc1OC1CCCCC1.Fc1c(F)c(F)c([B-](c2c(F)c(F)c(F)c(F)c2F)(c2c(F)c(F)c(F)c(F)c2F)c2c(F)c(F)c(F)c(F)c2F)c(F)c1F. The van der Waals surface area contributed by atoms with Gasteiger partial charge in [0.25, 0.3) is 0 Å². The number of halogens is 20. The average Bonchev–Trinajstić information content (AvgIpc) is 3.24. The first kappa shape index (κ1) is 47.0. The Morgan fingerprint density at radius 3 is 0.885 bits per heavy atom. The van der Waals surface area contributed by atoms with Crippen molar-refractivity contribution in [3.8, 4) is 5.75 Å². The second-order valence-electron chi connectivity index (χ2n) is 13.4. The maximum Gasteiger partial charge on any atom is 0.200 e. The van der Waals surface area contributed by atoms with Crippen molar-refractivity contribution in [1.29, 1.82) is 0 Å². The third-order valence-electron chi connectivity index (χ3n) is 9.84. The molecule has 0 radical (unpaired) electrons. The van der Waals surface area contributed by atoms with Crippen molar-refractivity contribution >= 4 is 38.9 Å². The Morgan fingerprint density at radius 2 is 0.623 bits per heavy atom. The van der Waals surface area contributed by atoms with E-state index in [4.69, 9.17) is 4.74 Å². The van der Waals surface area contributed by atoms with E-state index in [2.05, 4.69) is 36.8 Å². The largest absolute Gasteiger partial charge is 0.485 e. The van der Waals surface area contributed by atoms with Crippen molar-refractivity contribution < 1.29 is 92.5 Å². The van der Waals surface area contributed by atoms with Crippen molar-refractivity contribution in [2.24, 2.45) is 0 Å². The van der Waals surface area contributed by atoms with Gasteiger partial charge in [-0.15, -0.1) is 21.9 Å². The van der Waals surface area contributed by atoms with Gasteiger partial charge in [0.2, 0.25) is 0 Å². The van der Waals surface area contributed by atoms with E-state index >= 15 is 35.1 Å². The standard InChI is InChI=1S/C24BF20.C14H21OS/c26-5-1(6(27)14(35)21(42)13(5)34)25(2-7(28)15(36)22(43)16(37)8(2)29,3-9(30)17(38)23(44)18(39)10(3)31)4-11(32)19(40)24(45)20(41)12(4)33;1-16(2)14-11-7-6-10-13(14)15-12-8-4-3-5-9-12/h;6-7,10-12H,3-5,8-9H2,1-2H3/q-1;+1. The maximum absolute atomic E-state index is 15.4. The first-order chi connectivity index (χ1) is 28.5. The molecular formula is C38H21BF20OS. The van der Waals surface area contributed by atoms with Crippen LogP contribution >= 0.6 is 0 Å². The Kier molecular flexibility index (Phi) is 13.6. The van der Waals surface area contributed by atoms with E-state index < -0.39 is 144 Å². The van der Waals surface area contributed by atoms with Crippen LogP contribution in [0.15, 0.2) is 29.2 Å². The topological polar surface area (TPSA) is 9.23 Å². The molecule has 0 aliphatic heterocycles. The van der Waals surface area contributed by atoms with Crippen LogP contribution in [0.3, 0.4) is 0 Å². The fourth-order valence-corrected chi connectivity index (χ4v) is 7.99. The summed E-state index contributed by atoms with van der Waals surface area (Å²) in [5, 5.41) is 0. The molecule has 0 unspecified atom stereocenters. The summed E-state index contributed by atoms with van der Waals surface area (Å²) in [5.74, 6) is -70.3. The number of hydrogen-bond donors (Lipinski definition) is 0. The highest BCUT2D eigenvalue weighted by atomic mass is 32.2. The molecule has 0 N–H and O–H groups in total. The van der Waals surface area contributed by atoms with E-state index in [9.17, 15) is 52.7 Å². The van der Waals surface area contributed by atoms with Gasteiger partial charge < -0.3 is 4.74 Å². The van der Waals surface area contributed by atoms with Gasteiger partial charge in [-0.2, -0.15) is 0 Å². The number of hydrogen-bond acceptors (Lipinski definition) is 1. The third kappa shape index (κ3) is 7.63. The molecule has 23 heteroatoms. The Balaban J connectivity index is 0.000000366. The Hall–Kier alpha value is -5.09. The van der Waals surface area contributed by atoms with Crippen LogP contribution in [0.2, 0.25) is 0 Å². The minimum absolute atomic E-state index is 0.280. The summed E-state index contributed by atoms with van der Waals surface area (Å²) in [4.78, 5) is 1.37. The van der Waals surface area contributed by atoms with Crippen LogP contribution < -0.4 is 26.6 Å². The van der Waals surface area contributed by atoms with E-state index in [0.29, 0.717) is 6.10 Å². The summed E-state index contributed by atoms with van der Waals surface area (Å²) in [5.41, 5.74) is -14.3. The molecule has 1 aliphatic carbocycles. The van der Waals surface area contributed by atoms with Gasteiger partial charge in [0.15, 0.2) is 80.5 Å². The van der Waals surface area contributed by atoms with Gasteiger partial charge in [0, 0.05) is 10.9 Å². The molecule has 6 rings (SSSR count). The molecule has 0 bridgehead atoms. The predicted molar refractivity (Wildman–Crippen MR) is 181 cm³/mol. The molecule has 0 aromatic heterocycles. The zero-order valence-corrected chi connectivity index (χ0v) is 31.2. The van der Waals surface area contributed by atoms with E-state index in [1.807, 2.05) is 0 Å². The number of benzene rings is 5. The Bertz CT molecular complexity index is 2160. The monoisotopic (exact) mass is 916 g/mol. The van der Waals surface area contributed by atoms with Crippen LogP contribution in [0.4, 0.5) is 87.8 Å². The van der Waals surface area contributed by atoms with Crippen LogP contribution in [0, 0.1) is 116 Å². The van der Waals surface area contributed by atoms with E-state index in [1.54, 1.807) is 0 Å². The van der Waals surface area contributed by atoms with Crippen LogP contribution in [-0.4, -0.2) is 24.8 Å². The second-order valence-corrected chi connectivity index (χ2v) is 15.5. The van der Waals surface area contributed by atoms with Crippen LogP contribution in [0.25, 0.3) is 0 Å². The van der Waals surface area contributed by atoms with Crippen molar-refractivity contribution in [1.82, 2.24) is 0 Å². The summed E-state index contributed by atoms with van der Waals surface area (Å²) in [6.45, 7) is 0. The summed E-state index contributed by atoms with van der Waals surface area (Å²) < 4.78 is 300. The molecule has 0 saturated heterocycles. The van der Waals surface area contributed by atoms with Crippen molar-refractivity contribution in [3.05, 3.63) is 141 Å². The van der Waals surface area contributed by atoms with Gasteiger partial charge in [-0.25, -0.2) is 87.8 Å². The number of para-hydroxylation sites is 1. The number of rotatable bonds is 7. The summed E-state index contributed by atoms with van der Waals surface area (Å²) in [6.07, 6.45) is 4.25. The number of ether oxygens (including phenoxy) is 1. The molecule has 61 heavy (non-hydrogen) atoms.